The summed E-state index contributed by atoms with van der Waals surface area (Å²) in [6, 6.07) is 12.6. The first-order valence-electron chi connectivity index (χ1n) is 9.79. The monoisotopic (exact) mass is 391 g/mol. The third kappa shape index (κ3) is 2.33. The highest BCUT2D eigenvalue weighted by Crippen LogP contribution is 2.50. The number of anilines is 1. The van der Waals surface area contributed by atoms with E-state index < -0.39 is 18.1 Å². The zero-order chi connectivity index (χ0) is 19.7. The van der Waals surface area contributed by atoms with Gasteiger partial charge in [-0.2, -0.15) is 0 Å². The Morgan fingerprint density at radius 2 is 1.90 bits per heavy atom. The second kappa shape index (κ2) is 6.08. The van der Waals surface area contributed by atoms with Gasteiger partial charge in [-0.05, 0) is 35.9 Å². The van der Waals surface area contributed by atoms with Gasteiger partial charge in [0, 0.05) is 17.2 Å². The fraction of sp³-hybridized carbons (Fsp3) is 0.304. The van der Waals surface area contributed by atoms with E-state index in [0.717, 1.165) is 11.3 Å². The number of nitrogens with zero attached hydrogens (tertiary/aromatic N) is 1. The number of benzene rings is 2. The summed E-state index contributed by atoms with van der Waals surface area (Å²) in [7, 11) is 0. The zero-order valence-corrected chi connectivity index (χ0v) is 15.4. The molecule has 3 fully saturated rings. The lowest BCUT2D eigenvalue weighted by molar-refractivity contribution is -0.163. The van der Waals surface area contributed by atoms with Crippen LogP contribution < -0.4 is 4.90 Å². The second-order valence-electron chi connectivity index (χ2n) is 7.98. The van der Waals surface area contributed by atoms with Crippen LogP contribution in [0.3, 0.4) is 0 Å². The molecule has 3 saturated heterocycles. The van der Waals surface area contributed by atoms with Gasteiger partial charge in [0.1, 0.15) is 5.82 Å². The van der Waals surface area contributed by atoms with Crippen molar-refractivity contribution in [2.45, 2.75) is 24.5 Å². The van der Waals surface area contributed by atoms with Crippen molar-refractivity contribution >= 4 is 23.3 Å². The van der Waals surface area contributed by atoms with Gasteiger partial charge in [-0.1, -0.05) is 30.4 Å². The number of fused-ring (bicyclic) bond motifs is 8. The van der Waals surface area contributed by atoms with Gasteiger partial charge in [-0.25, -0.2) is 4.39 Å². The van der Waals surface area contributed by atoms with Crippen LogP contribution in [0.4, 0.5) is 10.1 Å². The van der Waals surface area contributed by atoms with Crippen LogP contribution in [0.2, 0.25) is 0 Å². The first-order valence-corrected chi connectivity index (χ1v) is 9.79. The summed E-state index contributed by atoms with van der Waals surface area (Å²) >= 11 is 0. The minimum atomic E-state index is -0.839. The van der Waals surface area contributed by atoms with Crippen molar-refractivity contribution in [2.75, 3.05) is 11.5 Å². The van der Waals surface area contributed by atoms with Gasteiger partial charge in [0.2, 0.25) is 6.29 Å². The van der Waals surface area contributed by atoms with E-state index in [1.807, 2.05) is 36.4 Å². The average molecular weight is 391 g/mol. The molecule has 6 rings (SSSR count). The van der Waals surface area contributed by atoms with Crippen molar-refractivity contribution in [2.24, 2.45) is 11.8 Å². The van der Waals surface area contributed by atoms with Gasteiger partial charge < -0.3 is 14.4 Å². The maximum atomic E-state index is 13.7. The van der Waals surface area contributed by atoms with E-state index >= 15 is 0 Å². The Bertz CT molecular complexity index is 1050. The van der Waals surface area contributed by atoms with Crippen molar-refractivity contribution < 1.29 is 23.5 Å². The van der Waals surface area contributed by atoms with Gasteiger partial charge >= 0.3 is 0 Å². The molecule has 0 aliphatic carbocycles. The van der Waals surface area contributed by atoms with Crippen LogP contribution in [-0.2, 0) is 14.3 Å². The molecule has 2 unspecified atom stereocenters. The average Bonchev–Trinajstić information content (AvgIpc) is 3.33. The number of para-hydroxylation sites is 1. The third-order valence-electron chi connectivity index (χ3n) is 6.55. The molecule has 2 aromatic carbocycles. The number of ketones is 2. The van der Waals surface area contributed by atoms with Crippen LogP contribution in [0.5, 0.6) is 0 Å². The first kappa shape index (κ1) is 17.1. The lowest BCUT2D eigenvalue weighted by atomic mass is 9.77. The van der Waals surface area contributed by atoms with Crippen molar-refractivity contribution in [1.82, 2.24) is 0 Å². The normalized spacial score (nSPS) is 34.0. The molecule has 0 amide bonds. The fourth-order valence-corrected chi connectivity index (χ4v) is 5.36. The van der Waals surface area contributed by atoms with E-state index in [2.05, 4.69) is 4.90 Å². The molecule has 6 atom stereocenters. The molecule has 146 valence electrons. The van der Waals surface area contributed by atoms with Gasteiger partial charge in [-0.15, -0.1) is 0 Å². The van der Waals surface area contributed by atoms with E-state index in [1.165, 1.54) is 24.3 Å². The number of hydrogen-bond acceptors (Lipinski definition) is 5. The third-order valence-corrected chi connectivity index (χ3v) is 6.55. The summed E-state index contributed by atoms with van der Waals surface area (Å²) in [4.78, 5) is 28.8. The summed E-state index contributed by atoms with van der Waals surface area (Å²) in [6.07, 6.45) is 2.88. The number of Topliss-reactive ketones (excluding diaryl/α,β-unsaturated/α-hetero) is 2. The number of hydrogen-bond donors (Lipinski definition) is 0. The predicted molar refractivity (Wildman–Crippen MR) is 103 cm³/mol. The maximum absolute atomic E-state index is 13.7. The topological polar surface area (TPSA) is 55.8 Å². The molecule has 0 spiro atoms. The summed E-state index contributed by atoms with van der Waals surface area (Å²) in [5.74, 6) is -1.32. The van der Waals surface area contributed by atoms with E-state index in [9.17, 15) is 14.0 Å². The number of carbonyl (C=O) groups excluding carboxylic acids is 2. The van der Waals surface area contributed by atoms with Gasteiger partial charge in [0.15, 0.2) is 11.6 Å². The second-order valence-corrected chi connectivity index (χ2v) is 7.98. The molecule has 5 nitrogen and oxygen atoms in total. The SMILES string of the molecule is O=C1C2OCC(O2)[C@H]2[C@H]1[C@H]1C=Cc3ccccc3N1[C@H]2C(=O)c1ccc(F)cc1. The van der Waals surface area contributed by atoms with Crippen LogP contribution in [0.1, 0.15) is 15.9 Å². The van der Waals surface area contributed by atoms with Crippen LogP contribution in [-0.4, -0.2) is 42.7 Å². The highest BCUT2D eigenvalue weighted by molar-refractivity contribution is 6.05. The zero-order valence-electron chi connectivity index (χ0n) is 15.4. The smallest absolute Gasteiger partial charge is 0.218 e. The Labute approximate surface area is 166 Å². The lowest BCUT2D eigenvalue weighted by Gasteiger charge is -2.35. The molecule has 4 heterocycles. The van der Waals surface area contributed by atoms with Crippen LogP contribution >= 0.6 is 0 Å². The van der Waals surface area contributed by atoms with Crippen molar-refractivity contribution in [3.8, 4) is 0 Å². The first-order chi connectivity index (χ1) is 14.1. The molecule has 2 bridgehead atoms. The van der Waals surface area contributed by atoms with Crippen molar-refractivity contribution in [3.63, 3.8) is 0 Å². The van der Waals surface area contributed by atoms with E-state index in [0.29, 0.717) is 12.2 Å². The molecular formula is C23H18FNO4. The van der Waals surface area contributed by atoms with Crippen LogP contribution in [0, 0.1) is 17.7 Å². The predicted octanol–water partition coefficient (Wildman–Crippen LogP) is 2.85. The summed E-state index contributed by atoms with van der Waals surface area (Å²) in [5.41, 5.74) is 2.37. The van der Waals surface area contributed by atoms with Crippen LogP contribution in [0.15, 0.2) is 54.6 Å². The summed E-state index contributed by atoms with van der Waals surface area (Å²) in [5, 5.41) is 0. The fourth-order valence-electron chi connectivity index (χ4n) is 5.36. The van der Waals surface area contributed by atoms with E-state index in [4.69, 9.17) is 9.47 Å². The number of carbonyl (C=O) groups is 2. The lowest BCUT2D eigenvalue weighted by Crippen LogP contribution is -2.48. The Morgan fingerprint density at radius 1 is 1.10 bits per heavy atom. The minimum Gasteiger partial charge on any atom is -0.353 e. The minimum absolute atomic E-state index is 0.0998. The molecule has 0 radical (unpaired) electrons. The largest absolute Gasteiger partial charge is 0.353 e. The van der Waals surface area contributed by atoms with Crippen molar-refractivity contribution in [1.29, 1.82) is 0 Å². The van der Waals surface area contributed by atoms with Gasteiger partial charge in [-0.3, -0.25) is 9.59 Å². The number of rotatable bonds is 2. The van der Waals surface area contributed by atoms with Crippen LogP contribution in [0.25, 0.3) is 6.08 Å². The molecule has 2 aromatic rings. The Kier molecular flexibility index (Phi) is 3.58. The summed E-state index contributed by atoms with van der Waals surface area (Å²) < 4.78 is 24.8. The highest BCUT2D eigenvalue weighted by Gasteiger charge is 2.63. The van der Waals surface area contributed by atoms with Crippen molar-refractivity contribution in [3.05, 3.63) is 71.6 Å². The molecule has 4 aliphatic heterocycles. The molecule has 4 aliphatic rings. The quantitative estimate of drug-likeness (QED) is 0.737. The number of halogens is 1. The molecule has 0 N–H and O–H groups in total. The highest BCUT2D eigenvalue weighted by atomic mass is 19.1. The Hall–Kier alpha value is -2.83. The Morgan fingerprint density at radius 3 is 2.72 bits per heavy atom. The molecule has 29 heavy (non-hydrogen) atoms. The van der Waals surface area contributed by atoms with Gasteiger partial charge in [0.25, 0.3) is 0 Å². The number of ether oxygens (including phenoxy) is 2. The van der Waals surface area contributed by atoms with E-state index in [-0.39, 0.29) is 35.5 Å². The molecule has 6 heteroatoms. The standard InChI is InChI=1S/C23H18FNO4/c24-14-8-5-13(6-9-14)21(26)20-19-17-11-28-23(29-17)22(27)18(19)16-10-7-12-3-1-2-4-15(12)25(16)20/h1-10,16-20,23H,11H2/t16-,17?,18-,19+,20-,23?/m1/s1. The molecule has 0 aromatic heterocycles. The molecular weight excluding hydrogens is 373 g/mol. The summed E-state index contributed by atoms with van der Waals surface area (Å²) in [6.45, 7) is 0.302. The van der Waals surface area contributed by atoms with E-state index in [1.54, 1.807) is 0 Å². The molecule has 0 saturated carbocycles. The maximum Gasteiger partial charge on any atom is 0.218 e. The Balaban J connectivity index is 1.52. The van der Waals surface area contributed by atoms with Gasteiger partial charge in [0.05, 0.1) is 30.7 Å².